The van der Waals surface area contributed by atoms with Crippen molar-refractivity contribution in [2.24, 2.45) is 0 Å². The second-order valence-corrected chi connectivity index (χ2v) is 6.12. The SMILES string of the molecule is Cl.O=C(c1ccc2c(c1)OCO2)N1CCN(Cc2ccccc2)CC1. The summed E-state index contributed by atoms with van der Waals surface area (Å²) in [5.74, 6) is 1.43. The van der Waals surface area contributed by atoms with E-state index in [-0.39, 0.29) is 25.1 Å². The molecular formula is C19H21ClN2O3. The first kappa shape index (κ1) is 17.6. The van der Waals surface area contributed by atoms with Crippen LogP contribution in [0.15, 0.2) is 48.5 Å². The van der Waals surface area contributed by atoms with Gasteiger partial charge in [0.15, 0.2) is 11.5 Å². The third-order valence-electron chi connectivity index (χ3n) is 4.53. The lowest BCUT2D eigenvalue weighted by Gasteiger charge is -2.34. The first-order valence-electron chi connectivity index (χ1n) is 8.25. The Morgan fingerprint density at radius 2 is 1.64 bits per heavy atom. The minimum Gasteiger partial charge on any atom is -0.454 e. The molecule has 2 heterocycles. The van der Waals surface area contributed by atoms with E-state index in [9.17, 15) is 4.79 Å². The molecule has 2 aliphatic rings. The van der Waals surface area contributed by atoms with Gasteiger partial charge in [0.1, 0.15) is 0 Å². The minimum atomic E-state index is 0. The number of piperazine rings is 1. The first-order valence-corrected chi connectivity index (χ1v) is 8.25. The van der Waals surface area contributed by atoms with E-state index in [1.807, 2.05) is 17.0 Å². The first-order chi connectivity index (χ1) is 11.8. The molecule has 25 heavy (non-hydrogen) atoms. The average Bonchev–Trinajstić information content (AvgIpc) is 3.10. The van der Waals surface area contributed by atoms with Crippen molar-refractivity contribution in [1.29, 1.82) is 0 Å². The van der Waals surface area contributed by atoms with Gasteiger partial charge in [0.25, 0.3) is 5.91 Å². The molecule has 0 unspecified atom stereocenters. The summed E-state index contributed by atoms with van der Waals surface area (Å²) in [6.45, 7) is 4.45. The van der Waals surface area contributed by atoms with Crippen molar-refractivity contribution in [3.05, 3.63) is 59.7 Å². The smallest absolute Gasteiger partial charge is 0.254 e. The number of rotatable bonds is 3. The molecular weight excluding hydrogens is 340 g/mol. The van der Waals surface area contributed by atoms with Gasteiger partial charge in [-0.25, -0.2) is 0 Å². The third kappa shape index (κ3) is 3.89. The van der Waals surface area contributed by atoms with E-state index in [4.69, 9.17) is 9.47 Å². The second-order valence-electron chi connectivity index (χ2n) is 6.12. The van der Waals surface area contributed by atoms with Crippen LogP contribution in [0, 0.1) is 0 Å². The Hall–Kier alpha value is -2.24. The van der Waals surface area contributed by atoms with Gasteiger partial charge in [0.05, 0.1) is 0 Å². The Labute approximate surface area is 153 Å². The molecule has 1 amide bonds. The van der Waals surface area contributed by atoms with Crippen LogP contribution in [-0.4, -0.2) is 48.7 Å². The minimum absolute atomic E-state index is 0. The summed E-state index contributed by atoms with van der Waals surface area (Å²) in [6, 6.07) is 15.8. The molecule has 0 spiro atoms. The standard InChI is InChI=1S/C19H20N2O3.ClH/c22-19(16-6-7-17-18(12-16)24-14-23-17)21-10-8-20(9-11-21)13-15-4-2-1-3-5-15;/h1-7,12H,8-11,13-14H2;1H. The van der Waals surface area contributed by atoms with E-state index in [2.05, 4.69) is 29.2 Å². The highest BCUT2D eigenvalue weighted by atomic mass is 35.5. The summed E-state index contributed by atoms with van der Waals surface area (Å²) in [5, 5.41) is 0. The highest BCUT2D eigenvalue weighted by Crippen LogP contribution is 2.32. The van der Waals surface area contributed by atoms with Gasteiger partial charge in [-0.3, -0.25) is 9.69 Å². The van der Waals surface area contributed by atoms with Crippen molar-refractivity contribution in [3.8, 4) is 11.5 Å². The molecule has 4 rings (SSSR count). The Balaban J connectivity index is 0.00000182. The fourth-order valence-corrected chi connectivity index (χ4v) is 3.16. The number of hydrogen-bond acceptors (Lipinski definition) is 4. The fraction of sp³-hybridized carbons (Fsp3) is 0.316. The van der Waals surface area contributed by atoms with Gasteiger partial charge in [-0.05, 0) is 23.8 Å². The van der Waals surface area contributed by atoms with Crippen LogP contribution >= 0.6 is 12.4 Å². The highest BCUT2D eigenvalue weighted by Gasteiger charge is 2.24. The molecule has 2 aliphatic heterocycles. The van der Waals surface area contributed by atoms with Crippen molar-refractivity contribution in [2.75, 3.05) is 33.0 Å². The largest absolute Gasteiger partial charge is 0.454 e. The van der Waals surface area contributed by atoms with Crippen molar-refractivity contribution in [1.82, 2.24) is 9.80 Å². The van der Waals surface area contributed by atoms with E-state index in [0.29, 0.717) is 17.1 Å². The van der Waals surface area contributed by atoms with Crippen LogP contribution in [0.25, 0.3) is 0 Å². The van der Waals surface area contributed by atoms with Crippen LogP contribution in [0.5, 0.6) is 11.5 Å². The van der Waals surface area contributed by atoms with Crippen molar-refractivity contribution < 1.29 is 14.3 Å². The molecule has 0 radical (unpaired) electrons. The normalized spacial score (nSPS) is 16.4. The highest BCUT2D eigenvalue weighted by molar-refractivity contribution is 5.95. The quantitative estimate of drug-likeness (QED) is 0.844. The number of ether oxygens (including phenoxy) is 2. The topological polar surface area (TPSA) is 42.0 Å². The van der Waals surface area contributed by atoms with Crippen LogP contribution in [0.4, 0.5) is 0 Å². The predicted octanol–water partition coefficient (Wildman–Crippen LogP) is 2.80. The maximum Gasteiger partial charge on any atom is 0.254 e. The van der Waals surface area contributed by atoms with Gasteiger partial charge in [0, 0.05) is 38.3 Å². The predicted molar refractivity (Wildman–Crippen MR) is 97.4 cm³/mol. The molecule has 6 heteroatoms. The molecule has 132 valence electrons. The molecule has 0 aliphatic carbocycles. The van der Waals surface area contributed by atoms with Crippen molar-refractivity contribution in [3.63, 3.8) is 0 Å². The van der Waals surface area contributed by atoms with E-state index in [0.717, 1.165) is 32.7 Å². The van der Waals surface area contributed by atoms with Crippen LogP contribution in [0.3, 0.4) is 0 Å². The Morgan fingerprint density at radius 1 is 0.920 bits per heavy atom. The van der Waals surface area contributed by atoms with Gasteiger partial charge in [-0.15, -0.1) is 12.4 Å². The zero-order valence-electron chi connectivity index (χ0n) is 13.9. The zero-order valence-corrected chi connectivity index (χ0v) is 14.7. The molecule has 0 atom stereocenters. The van der Waals surface area contributed by atoms with Crippen LogP contribution in [0.1, 0.15) is 15.9 Å². The lowest BCUT2D eigenvalue weighted by molar-refractivity contribution is 0.0628. The lowest BCUT2D eigenvalue weighted by Crippen LogP contribution is -2.48. The van der Waals surface area contributed by atoms with E-state index < -0.39 is 0 Å². The molecule has 0 saturated carbocycles. The van der Waals surface area contributed by atoms with Crippen molar-refractivity contribution in [2.45, 2.75) is 6.54 Å². The van der Waals surface area contributed by atoms with Crippen molar-refractivity contribution >= 4 is 18.3 Å². The summed E-state index contributed by atoms with van der Waals surface area (Å²) < 4.78 is 10.7. The molecule has 1 saturated heterocycles. The molecule has 1 fully saturated rings. The maximum atomic E-state index is 12.7. The summed E-state index contributed by atoms with van der Waals surface area (Å²) in [5.41, 5.74) is 1.98. The maximum absolute atomic E-state index is 12.7. The number of fused-ring (bicyclic) bond motifs is 1. The number of benzene rings is 2. The van der Waals surface area contributed by atoms with Gasteiger partial charge >= 0.3 is 0 Å². The van der Waals surface area contributed by atoms with Crippen LogP contribution < -0.4 is 9.47 Å². The molecule has 0 aromatic heterocycles. The summed E-state index contributed by atoms with van der Waals surface area (Å²) in [7, 11) is 0. The van der Waals surface area contributed by atoms with Gasteiger partial charge in [0.2, 0.25) is 6.79 Å². The summed E-state index contributed by atoms with van der Waals surface area (Å²) in [6.07, 6.45) is 0. The number of nitrogens with zero attached hydrogens (tertiary/aromatic N) is 2. The Kier molecular flexibility index (Phi) is 5.46. The summed E-state index contributed by atoms with van der Waals surface area (Å²) in [4.78, 5) is 17.0. The number of amides is 1. The zero-order chi connectivity index (χ0) is 16.4. The van der Waals surface area contributed by atoms with Crippen LogP contribution in [0.2, 0.25) is 0 Å². The van der Waals surface area contributed by atoms with E-state index in [1.165, 1.54) is 5.56 Å². The number of carbonyl (C=O) groups excluding carboxylic acids is 1. The monoisotopic (exact) mass is 360 g/mol. The molecule has 5 nitrogen and oxygen atoms in total. The Bertz CT molecular complexity index is 731. The molecule has 0 N–H and O–H groups in total. The van der Waals surface area contributed by atoms with Gasteiger partial charge in [-0.1, -0.05) is 30.3 Å². The molecule has 2 aromatic rings. The second kappa shape index (κ2) is 7.76. The Morgan fingerprint density at radius 3 is 2.40 bits per heavy atom. The van der Waals surface area contributed by atoms with E-state index in [1.54, 1.807) is 12.1 Å². The third-order valence-corrected chi connectivity index (χ3v) is 4.53. The lowest BCUT2D eigenvalue weighted by atomic mass is 10.1. The summed E-state index contributed by atoms with van der Waals surface area (Å²) >= 11 is 0. The number of hydrogen-bond donors (Lipinski definition) is 0. The number of halogens is 1. The molecule has 0 bridgehead atoms. The number of carbonyl (C=O) groups is 1. The average molecular weight is 361 g/mol. The van der Waals surface area contributed by atoms with Gasteiger partial charge in [-0.2, -0.15) is 0 Å². The fourth-order valence-electron chi connectivity index (χ4n) is 3.16. The van der Waals surface area contributed by atoms with Crippen LogP contribution in [-0.2, 0) is 6.54 Å². The van der Waals surface area contributed by atoms with E-state index >= 15 is 0 Å². The van der Waals surface area contributed by atoms with Gasteiger partial charge < -0.3 is 14.4 Å². The molecule has 2 aromatic carbocycles.